The Morgan fingerprint density at radius 2 is 2.00 bits per heavy atom. The molecule has 0 unspecified atom stereocenters. The van der Waals surface area contributed by atoms with Crippen molar-refractivity contribution in [3.8, 4) is 0 Å². The molecule has 0 spiro atoms. The van der Waals surface area contributed by atoms with Crippen LogP contribution in [0.1, 0.15) is 30.3 Å². The smallest absolute Gasteiger partial charge is 0.154 e. The second-order valence-corrected chi connectivity index (χ2v) is 6.77. The lowest BCUT2D eigenvalue weighted by molar-refractivity contribution is 0.487. The van der Waals surface area contributed by atoms with Crippen LogP contribution in [-0.4, -0.2) is 37.7 Å². The molecule has 1 aromatic carbocycles. The lowest BCUT2D eigenvalue weighted by Gasteiger charge is -2.32. The Morgan fingerprint density at radius 3 is 2.84 bits per heavy atom. The molecule has 1 aliphatic rings. The molecular weight excluding hydrogens is 312 g/mol. The summed E-state index contributed by atoms with van der Waals surface area (Å²) in [6.45, 7) is 3.99. The lowest BCUT2D eigenvalue weighted by Crippen LogP contribution is -2.34. The topological polar surface area (TPSA) is 62.1 Å². The number of hydrogen-bond acceptors (Lipinski definition) is 4. The van der Waals surface area contributed by atoms with Crippen LogP contribution in [-0.2, 0) is 0 Å². The molecule has 1 saturated heterocycles. The second-order valence-electron chi connectivity index (χ2n) is 6.77. The van der Waals surface area contributed by atoms with Crippen LogP contribution >= 0.6 is 0 Å². The average Bonchev–Trinajstić information content (AvgIpc) is 3.24. The highest BCUT2D eigenvalue weighted by atomic mass is 15.3. The minimum atomic E-state index is 0.482. The Hall–Kier alpha value is -2.89. The summed E-state index contributed by atoms with van der Waals surface area (Å²) >= 11 is 0. The maximum absolute atomic E-state index is 4.78. The third-order valence-corrected chi connectivity index (χ3v) is 5.08. The van der Waals surface area contributed by atoms with Crippen molar-refractivity contribution in [2.45, 2.75) is 25.7 Å². The van der Waals surface area contributed by atoms with Gasteiger partial charge in [0, 0.05) is 31.4 Å². The lowest BCUT2D eigenvalue weighted by atomic mass is 9.96. The summed E-state index contributed by atoms with van der Waals surface area (Å²) in [6.07, 6.45) is 5.90. The molecule has 4 heterocycles. The fourth-order valence-electron chi connectivity index (χ4n) is 3.80. The number of aromatic amines is 1. The van der Waals surface area contributed by atoms with Gasteiger partial charge in [-0.25, -0.2) is 14.5 Å². The van der Waals surface area contributed by atoms with Gasteiger partial charge in [-0.2, -0.15) is 5.10 Å². The van der Waals surface area contributed by atoms with Gasteiger partial charge in [-0.3, -0.25) is 0 Å². The number of benzene rings is 1. The first kappa shape index (κ1) is 14.5. The van der Waals surface area contributed by atoms with Crippen LogP contribution in [0.25, 0.3) is 16.6 Å². The maximum Gasteiger partial charge on any atom is 0.154 e. The van der Waals surface area contributed by atoms with E-state index in [9.17, 15) is 0 Å². The zero-order valence-electron chi connectivity index (χ0n) is 14.2. The molecule has 0 radical (unpaired) electrons. The number of aromatic nitrogens is 5. The predicted molar refractivity (Wildman–Crippen MR) is 98.0 cm³/mol. The average molecular weight is 332 g/mol. The molecule has 0 amide bonds. The Bertz CT molecular complexity index is 1010. The SMILES string of the molecule is Cc1cc2c(N3CCC(c4nc5ccccc5[nH]4)CC3)nccn2n1. The maximum atomic E-state index is 4.78. The van der Waals surface area contributed by atoms with Gasteiger partial charge in [-0.05, 0) is 38.0 Å². The molecular formula is C19H20N6. The van der Waals surface area contributed by atoms with E-state index in [1.807, 2.05) is 36.0 Å². The number of nitrogens with zero attached hydrogens (tertiary/aromatic N) is 5. The van der Waals surface area contributed by atoms with E-state index in [1.165, 1.54) is 0 Å². The highest BCUT2D eigenvalue weighted by Gasteiger charge is 2.25. The van der Waals surface area contributed by atoms with Gasteiger partial charge < -0.3 is 9.88 Å². The number of aryl methyl sites for hydroxylation is 1. The third-order valence-electron chi connectivity index (χ3n) is 5.08. The first-order valence-electron chi connectivity index (χ1n) is 8.78. The van der Waals surface area contributed by atoms with Crippen molar-refractivity contribution in [1.29, 1.82) is 0 Å². The van der Waals surface area contributed by atoms with Crippen molar-refractivity contribution in [1.82, 2.24) is 24.6 Å². The minimum Gasteiger partial charge on any atom is -0.355 e. The van der Waals surface area contributed by atoms with Crippen LogP contribution < -0.4 is 4.90 Å². The first-order chi connectivity index (χ1) is 12.3. The first-order valence-corrected chi connectivity index (χ1v) is 8.78. The molecule has 1 N–H and O–H groups in total. The standard InChI is InChI=1S/C19H20N6/c1-13-12-17-19(20-8-11-25(17)23-13)24-9-6-14(7-10-24)18-21-15-4-2-3-5-16(15)22-18/h2-5,8,11-12,14H,6-7,9-10H2,1H3,(H,21,22). The van der Waals surface area contributed by atoms with Gasteiger partial charge in [0.25, 0.3) is 0 Å². The van der Waals surface area contributed by atoms with Crippen molar-refractivity contribution in [3.63, 3.8) is 0 Å². The van der Waals surface area contributed by atoms with Crippen LogP contribution in [0.15, 0.2) is 42.7 Å². The number of anilines is 1. The normalized spacial score (nSPS) is 16.1. The number of para-hydroxylation sites is 2. The van der Waals surface area contributed by atoms with Gasteiger partial charge in [-0.1, -0.05) is 12.1 Å². The van der Waals surface area contributed by atoms with E-state index in [0.29, 0.717) is 5.92 Å². The third kappa shape index (κ3) is 2.45. The molecule has 0 aliphatic carbocycles. The number of fused-ring (bicyclic) bond motifs is 2. The van der Waals surface area contributed by atoms with E-state index < -0.39 is 0 Å². The van der Waals surface area contributed by atoms with Gasteiger partial charge in [0.15, 0.2) is 5.82 Å². The molecule has 1 aliphatic heterocycles. The largest absolute Gasteiger partial charge is 0.355 e. The molecule has 126 valence electrons. The van der Waals surface area contributed by atoms with Crippen LogP contribution in [0, 0.1) is 6.92 Å². The van der Waals surface area contributed by atoms with Crippen LogP contribution in [0.4, 0.5) is 5.82 Å². The van der Waals surface area contributed by atoms with Gasteiger partial charge in [-0.15, -0.1) is 0 Å². The van der Waals surface area contributed by atoms with Gasteiger partial charge in [0.1, 0.15) is 11.3 Å². The van der Waals surface area contributed by atoms with Crippen LogP contribution in [0.5, 0.6) is 0 Å². The molecule has 1 fully saturated rings. The summed E-state index contributed by atoms with van der Waals surface area (Å²) in [5.74, 6) is 2.63. The molecule has 25 heavy (non-hydrogen) atoms. The van der Waals surface area contributed by atoms with Crippen molar-refractivity contribution >= 4 is 22.4 Å². The zero-order valence-corrected chi connectivity index (χ0v) is 14.2. The van der Waals surface area contributed by atoms with Crippen molar-refractivity contribution in [2.24, 2.45) is 0 Å². The molecule has 0 bridgehead atoms. The van der Waals surface area contributed by atoms with Gasteiger partial charge in [0.2, 0.25) is 0 Å². The van der Waals surface area contributed by atoms with Gasteiger partial charge in [0.05, 0.1) is 16.7 Å². The number of rotatable bonds is 2. The predicted octanol–water partition coefficient (Wildman–Crippen LogP) is 3.30. The summed E-state index contributed by atoms with van der Waals surface area (Å²) in [5, 5.41) is 4.49. The monoisotopic (exact) mass is 332 g/mol. The van der Waals surface area contributed by atoms with E-state index in [-0.39, 0.29) is 0 Å². The minimum absolute atomic E-state index is 0.482. The quantitative estimate of drug-likeness (QED) is 0.612. The summed E-state index contributed by atoms with van der Waals surface area (Å²) in [5.41, 5.74) is 4.29. The fourth-order valence-corrected chi connectivity index (χ4v) is 3.80. The van der Waals surface area contributed by atoms with E-state index >= 15 is 0 Å². The van der Waals surface area contributed by atoms with Crippen molar-refractivity contribution in [2.75, 3.05) is 18.0 Å². The second kappa shape index (κ2) is 5.58. The summed E-state index contributed by atoms with van der Waals surface area (Å²) in [7, 11) is 0. The summed E-state index contributed by atoms with van der Waals surface area (Å²) in [6, 6.07) is 10.3. The zero-order chi connectivity index (χ0) is 16.8. The molecule has 5 rings (SSSR count). The number of H-pyrrole nitrogens is 1. The molecule has 6 nitrogen and oxygen atoms in total. The van der Waals surface area contributed by atoms with E-state index in [0.717, 1.165) is 59.8 Å². The highest BCUT2D eigenvalue weighted by Crippen LogP contribution is 2.31. The molecule has 3 aromatic heterocycles. The Kier molecular flexibility index (Phi) is 3.23. The molecule has 0 saturated carbocycles. The van der Waals surface area contributed by atoms with E-state index in [1.54, 1.807) is 0 Å². The van der Waals surface area contributed by atoms with Crippen LogP contribution in [0.2, 0.25) is 0 Å². The van der Waals surface area contributed by atoms with Crippen molar-refractivity contribution in [3.05, 3.63) is 54.2 Å². The Balaban J connectivity index is 1.38. The molecule has 0 atom stereocenters. The molecule has 6 heteroatoms. The van der Waals surface area contributed by atoms with Gasteiger partial charge >= 0.3 is 0 Å². The Labute approximate surface area is 145 Å². The molecule has 4 aromatic rings. The number of piperidine rings is 1. The van der Waals surface area contributed by atoms with E-state index in [4.69, 9.17) is 4.98 Å². The van der Waals surface area contributed by atoms with Crippen LogP contribution in [0.3, 0.4) is 0 Å². The summed E-state index contributed by atoms with van der Waals surface area (Å²) < 4.78 is 1.92. The van der Waals surface area contributed by atoms with Crippen molar-refractivity contribution < 1.29 is 0 Å². The highest BCUT2D eigenvalue weighted by molar-refractivity contribution is 5.75. The number of nitrogens with one attached hydrogen (secondary N) is 1. The Morgan fingerprint density at radius 1 is 1.16 bits per heavy atom. The fraction of sp³-hybridized carbons (Fsp3) is 0.316. The summed E-state index contributed by atoms with van der Waals surface area (Å²) in [4.78, 5) is 15.3. The number of imidazole rings is 1. The number of hydrogen-bond donors (Lipinski definition) is 1. The van der Waals surface area contributed by atoms with E-state index in [2.05, 4.69) is 38.2 Å².